The van der Waals surface area contributed by atoms with Gasteiger partial charge in [-0.25, -0.2) is 0 Å². The van der Waals surface area contributed by atoms with Gasteiger partial charge in [-0.2, -0.15) is 0 Å². The Bertz CT molecular complexity index is 329. The monoisotopic (exact) mass is 320 g/mol. The maximum atomic E-state index is 5.49. The second-order valence-corrected chi connectivity index (χ2v) is 5.61. The van der Waals surface area contributed by atoms with Gasteiger partial charge in [0.1, 0.15) is 5.75 Å². The zero-order chi connectivity index (χ0) is 11.5. The van der Waals surface area contributed by atoms with E-state index < -0.39 is 0 Å². The molecule has 1 aromatic rings. The molecule has 3 heteroatoms. The molecule has 0 N–H and O–H groups in total. The molecule has 0 fully saturated rings. The van der Waals surface area contributed by atoms with E-state index >= 15 is 0 Å². The largest absolute Gasteiger partial charge is 0.466 e. The van der Waals surface area contributed by atoms with Crippen molar-refractivity contribution in [2.45, 2.75) is 26.2 Å². The fraction of sp³-hybridized carbons (Fsp3) is 0.500. The summed E-state index contributed by atoms with van der Waals surface area (Å²) >= 11 is 2.26. The van der Waals surface area contributed by atoms with Crippen molar-refractivity contribution < 1.29 is 9.47 Å². The minimum atomic E-state index is 0.148. The maximum Gasteiger partial charge on any atom is 0.188 e. The number of methoxy groups -OCH3 is 1. The van der Waals surface area contributed by atoms with E-state index in [0.29, 0.717) is 6.79 Å². The van der Waals surface area contributed by atoms with Gasteiger partial charge < -0.3 is 9.47 Å². The van der Waals surface area contributed by atoms with Crippen LogP contribution in [0.2, 0.25) is 0 Å². The number of ether oxygens (including phenoxy) is 2. The van der Waals surface area contributed by atoms with Crippen molar-refractivity contribution in [1.29, 1.82) is 0 Å². The third-order valence-electron chi connectivity index (χ3n) is 2.13. The molecule has 0 bridgehead atoms. The Kier molecular flexibility index (Phi) is 4.40. The lowest BCUT2D eigenvalue weighted by Gasteiger charge is -2.20. The Hall–Kier alpha value is -0.290. The van der Waals surface area contributed by atoms with Crippen LogP contribution in [0.3, 0.4) is 0 Å². The van der Waals surface area contributed by atoms with Crippen molar-refractivity contribution >= 4 is 22.6 Å². The van der Waals surface area contributed by atoms with E-state index in [2.05, 4.69) is 61.6 Å². The molecule has 0 amide bonds. The van der Waals surface area contributed by atoms with Gasteiger partial charge in [0.25, 0.3) is 0 Å². The third kappa shape index (κ3) is 3.65. The molecular weight excluding hydrogens is 303 g/mol. The van der Waals surface area contributed by atoms with Crippen molar-refractivity contribution in [1.82, 2.24) is 0 Å². The molecule has 0 saturated carbocycles. The van der Waals surface area contributed by atoms with Crippen molar-refractivity contribution in [2.24, 2.45) is 0 Å². The fourth-order valence-electron chi connectivity index (χ4n) is 1.20. The van der Waals surface area contributed by atoms with E-state index in [1.807, 2.05) is 0 Å². The Balaban J connectivity index is 2.95. The van der Waals surface area contributed by atoms with Crippen molar-refractivity contribution in [3.8, 4) is 5.75 Å². The number of rotatable bonds is 3. The van der Waals surface area contributed by atoms with E-state index in [9.17, 15) is 0 Å². The van der Waals surface area contributed by atoms with Crippen LogP contribution in [0.25, 0.3) is 0 Å². The summed E-state index contributed by atoms with van der Waals surface area (Å²) in [7, 11) is 1.63. The van der Waals surface area contributed by atoms with Gasteiger partial charge in [0.15, 0.2) is 6.79 Å². The first-order valence-corrected chi connectivity index (χ1v) is 5.95. The molecule has 1 rings (SSSR count). The zero-order valence-electron chi connectivity index (χ0n) is 9.63. The minimum Gasteiger partial charge on any atom is -0.466 e. The number of hydrogen-bond acceptors (Lipinski definition) is 2. The molecule has 0 aromatic heterocycles. The molecule has 1 aromatic carbocycles. The van der Waals surface area contributed by atoms with Crippen LogP contribution in [-0.4, -0.2) is 13.9 Å². The van der Waals surface area contributed by atoms with Gasteiger partial charge >= 0.3 is 0 Å². The molecule has 0 aliphatic rings. The summed E-state index contributed by atoms with van der Waals surface area (Å²) in [6.45, 7) is 6.86. The number of hydrogen-bond donors (Lipinski definition) is 0. The van der Waals surface area contributed by atoms with Crippen LogP contribution >= 0.6 is 22.6 Å². The summed E-state index contributed by atoms with van der Waals surface area (Å²) in [5, 5.41) is 0. The van der Waals surface area contributed by atoms with Crippen LogP contribution in [0.4, 0.5) is 0 Å². The standard InChI is InChI=1S/C12H17IO2/c1-12(2,3)9-5-6-10(13)11(7-9)15-8-14-4/h5-7H,8H2,1-4H3. The molecule has 0 spiro atoms. The predicted molar refractivity (Wildman–Crippen MR) is 70.4 cm³/mol. The molecule has 0 radical (unpaired) electrons. The van der Waals surface area contributed by atoms with E-state index in [1.54, 1.807) is 7.11 Å². The van der Waals surface area contributed by atoms with Gasteiger partial charge in [-0.15, -0.1) is 0 Å². The lowest BCUT2D eigenvalue weighted by molar-refractivity contribution is 0.0504. The molecule has 0 aliphatic carbocycles. The van der Waals surface area contributed by atoms with E-state index in [4.69, 9.17) is 9.47 Å². The van der Waals surface area contributed by atoms with Crippen LogP contribution in [0.5, 0.6) is 5.75 Å². The maximum absolute atomic E-state index is 5.49. The summed E-state index contributed by atoms with van der Waals surface area (Å²) < 4.78 is 11.5. The molecule has 0 heterocycles. The Morgan fingerprint density at radius 2 is 1.93 bits per heavy atom. The lowest BCUT2D eigenvalue weighted by atomic mass is 9.87. The SMILES string of the molecule is COCOc1cc(C(C)(C)C)ccc1I. The van der Waals surface area contributed by atoms with Gasteiger partial charge in [-0.05, 0) is 45.7 Å². The Labute approximate surface area is 105 Å². The molecule has 84 valence electrons. The van der Waals surface area contributed by atoms with Crippen LogP contribution in [0.15, 0.2) is 18.2 Å². The van der Waals surface area contributed by atoms with Crippen LogP contribution < -0.4 is 4.74 Å². The number of benzene rings is 1. The normalized spacial score (nSPS) is 11.5. The van der Waals surface area contributed by atoms with Crippen molar-refractivity contribution in [3.05, 3.63) is 27.3 Å². The van der Waals surface area contributed by atoms with Crippen molar-refractivity contribution in [2.75, 3.05) is 13.9 Å². The second-order valence-electron chi connectivity index (χ2n) is 4.45. The van der Waals surface area contributed by atoms with Crippen molar-refractivity contribution in [3.63, 3.8) is 0 Å². The second kappa shape index (κ2) is 5.16. The van der Waals surface area contributed by atoms with E-state index in [-0.39, 0.29) is 5.41 Å². The summed E-state index contributed by atoms with van der Waals surface area (Å²) in [6, 6.07) is 6.30. The van der Waals surface area contributed by atoms with Gasteiger partial charge in [0.2, 0.25) is 0 Å². The summed E-state index contributed by atoms with van der Waals surface area (Å²) in [5.41, 5.74) is 1.42. The first kappa shape index (κ1) is 12.8. The summed E-state index contributed by atoms with van der Waals surface area (Å²) in [5.74, 6) is 0.893. The Morgan fingerprint density at radius 1 is 1.27 bits per heavy atom. The van der Waals surface area contributed by atoms with Crippen LogP contribution in [0, 0.1) is 3.57 Å². The number of halogens is 1. The smallest absolute Gasteiger partial charge is 0.188 e. The van der Waals surface area contributed by atoms with E-state index in [1.165, 1.54) is 5.56 Å². The topological polar surface area (TPSA) is 18.5 Å². The van der Waals surface area contributed by atoms with Gasteiger partial charge in [-0.3, -0.25) is 0 Å². The highest BCUT2D eigenvalue weighted by molar-refractivity contribution is 14.1. The van der Waals surface area contributed by atoms with Crippen LogP contribution in [0.1, 0.15) is 26.3 Å². The molecule has 0 aliphatic heterocycles. The first-order valence-electron chi connectivity index (χ1n) is 4.87. The molecule has 15 heavy (non-hydrogen) atoms. The minimum absolute atomic E-state index is 0.148. The highest BCUT2D eigenvalue weighted by Crippen LogP contribution is 2.29. The third-order valence-corrected chi connectivity index (χ3v) is 3.02. The zero-order valence-corrected chi connectivity index (χ0v) is 11.8. The predicted octanol–water partition coefficient (Wildman–Crippen LogP) is 3.57. The van der Waals surface area contributed by atoms with Gasteiger partial charge in [0.05, 0.1) is 3.57 Å². The Morgan fingerprint density at radius 3 is 2.47 bits per heavy atom. The molecule has 0 unspecified atom stereocenters. The van der Waals surface area contributed by atoms with Gasteiger partial charge in [-0.1, -0.05) is 26.8 Å². The molecule has 2 nitrogen and oxygen atoms in total. The summed E-state index contributed by atoms with van der Waals surface area (Å²) in [4.78, 5) is 0. The molecule has 0 saturated heterocycles. The quantitative estimate of drug-likeness (QED) is 0.626. The van der Waals surface area contributed by atoms with Gasteiger partial charge in [0, 0.05) is 7.11 Å². The fourth-order valence-corrected chi connectivity index (χ4v) is 1.69. The highest BCUT2D eigenvalue weighted by Gasteiger charge is 2.15. The average molecular weight is 320 g/mol. The first-order chi connectivity index (χ1) is 6.95. The van der Waals surface area contributed by atoms with Crippen LogP contribution in [-0.2, 0) is 10.2 Å². The highest BCUT2D eigenvalue weighted by atomic mass is 127. The molecular formula is C12H17IO2. The van der Waals surface area contributed by atoms with E-state index in [0.717, 1.165) is 9.32 Å². The average Bonchev–Trinajstić information content (AvgIpc) is 2.15. The summed E-state index contributed by atoms with van der Waals surface area (Å²) in [6.07, 6.45) is 0. The lowest BCUT2D eigenvalue weighted by Crippen LogP contribution is -2.11. The molecule has 0 atom stereocenters.